The van der Waals surface area contributed by atoms with Crippen molar-refractivity contribution in [3.8, 4) is 0 Å². The number of carbonyl (C=O) groups excluding carboxylic acids is 2. The van der Waals surface area contributed by atoms with Crippen LogP contribution in [0.3, 0.4) is 0 Å². The second kappa shape index (κ2) is 5.53. The fraction of sp³-hybridized carbons (Fsp3) is 0.412. The molecule has 0 spiro atoms. The molecule has 2 fully saturated rings. The number of carbonyl (C=O) groups is 2. The zero-order valence-electron chi connectivity index (χ0n) is 13.0. The number of nitrogens with zero attached hydrogens (tertiary/aromatic N) is 2. The second-order valence-electron chi connectivity index (χ2n) is 6.49. The van der Waals surface area contributed by atoms with E-state index in [9.17, 15) is 18.0 Å². The van der Waals surface area contributed by atoms with Gasteiger partial charge >= 0.3 is 0 Å². The van der Waals surface area contributed by atoms with Crippen molar-refractivity contribution in [3.63, 3.8) is 0 Å². The highest BCUT2D eigenvalue weighted by atomic mass is 32.2. The first-order valence-corrected chi connectivity index (χ1v) is 9.51. The number of likely N-dealkylation sites (tertiary alicyclic amines) is 1. The number of hydrogen-bond acceptors (Lipinski definition) is 4. The van der Waals surface area contributed by atoms with E-state index in [1.54, 1.807) is 30.3 Å². The van der Waals surface area contributed by atoms with Crippen LogP contribution in [0, 0.1) is 11.8 Å². The van der Waals surface area contributed by atoms with Gasteiger partial charge in [0, 0.05) is 13.1 Å². The van der Waals surface area contributed by atoms with Gasteiger partial charge in [0.25, 0.3) is 0 Å². The summed E-state index contributed by atoms with van der Waals surface area (Å²) in [6, 6.07) is 7.87. The van der Waals surface area contributed by atoms with Gasteiger partial charge in [-0.3, -0.25) is 14.5 Å². The molecule has 2 amide bonds. The van der Waals surface area contributed by atoms with E-state index in [0.29, 0.717) is 12.8 Å². The summed E-state index contributed by atoms with van der Waals surface area (Å²) < 4.78 is 26.4. The predicted molar refractivity (Wildman–Crippen MR) is 86.2 cm³/mol. The van der Waals surface area contributed by atoms with Crippen LogP contribution in [0.5, 0.6) is 0 Å². The topological polar surface area (TPSA) is 74.8 Å². The number of fused-ring (bicyclic) bond motifs is 1. The summed E-state index contributed by atoms with van der Waals surface area (Å²) in [4.78, 5) is 26.6. The summed E-state index contributed by atoms with van der Waals surface area (Å²) in [7, 11) is -3.55. The van der Waals surface area contributed by atoms with Crippen LogP contribution < -0.4 is 0 Å². The van der Waals surface area contributed by atoms with Crippen LogP contribution in [0.25, 0.3) is 0 Å². The van der Waals surface area contributed by atoms with E-state index >= 15 is 0 Å². The Balaban J connectivity index is 1.48. The summed E-state index contributed by atoms with van der Waals surface area (Å²) >= 11 is 0. The SMILES string of the molecule is O=C1C2CC=CCC2C(=O)N1C1CN(S(=O)(=O)c2ccccc2)C1. The summed E-state index contributed by atoms with van der Waals surface area (Å²) in [6.07, 6.45) is 5.10. The van der Waals surface area contributed by atoms with E-state index in [1.165, 1.54) is 9.21 Å². The third-order valence-corrected chi connectivity index (χ3v) is 6.96. The van der Waals surface area contributed by atoms with Gasteiger partial charge in [0.1, 0.15) is 0 Å². The Morgan fingerprint density at radius 3 is 1.96 bits per heavy atom. The molecular formula is C17H18N2O4S. The Morgan fingerprint density at radius 2 is 1.42 bits per heavy atom. The Hall–Kier alpha value is -1.99. The van der Waals surface area contributed by atoms with Crippen molar-refractivity contribution in [1.29, 1.82) is 0 Å². The van der Waals surface area contributed by atoms with Crippen molar-refractivity contribution >= 4 is 21.8 Å². The van der Waals surface area contributed by atoms with Gasteiger partial charge < -0.3 is 0 Å². The lowest BCUT2D eigenvalue weighted by atomic mass is 9.85. The highest BCUT2D eigenvalue weighted by Gasteiger charge is 2.53. The van der Waals surface area contributed by atoms with Crippen LogP contribution in [-0.4, -0.2) is 48.6 Å². The number of rotatable bonds is 3. The molecule has 2 atom stereocenters. The number of imide groups is 1. The zero-order valence-corrected chi connectivity index (χ0v) is 13.9. The molecule has 0 N–H and O–H groups in total. The van der Waals surface area contributed by atoms with Crippen LogP contribution in [0.4, 0.5) is 0 Å². The fourth-order valence-electron chi connectivity index (χ4n) is 3.70. The molecular weight excluding hydrogens is 328 g/mol. The maximum Gasteiger partial charge on any atom is 0.243 e. The molecule has 126 valence electrons. The van der Waals surface area contributed by atoms with Crippen molar-refractivity contribution in [3.05, 3.63) is 42.5 Å². The Labute approximate surface area is 140 Å². The molecule has 2 aliphatic heterocycles. The van der Waals surface area contributed by atoms with Crippen LogP contribution in [0.2, 0.25) is 0 Å². The molecule has 1 aromatic carbocycles. The van der Waals surface area contributed by atoms with E-state index in [2.05, 4.69) is 0 Å². The molecule has 0 radical (unpaired) electrons. The molecule has 1 aromatic rings. The summed E-state index contributed by atoms with van der Waals surface area (Å²) in [6.45, 7) is 0.364. The minimum absolute atomic E-state index is 0.142. The summed E-state index contributed by atoms with van der Waals surface area (Å²) in [5.74, 6) is -0.809. The largest absolute Gasteiger partial charge is 0.276 e. The Bertz CT molecular complexity index is 786. The van der Waals surface area contributed by atoms with Gasteiger partial charge in [0.2, 0.25) is 21.8 Å². The molecule has 24 heavy (non-hydrogen) atoms. The fourth-order valence-corrected chi connectivity index (χ4v) is 5.24. The molecule has 0 bridgehead atoms. The number of amides is 2. The lowest BCUT2D eigenvalue weighted by Gasteiger charge is -2.42. The zero-order chi connectivity index (χ0) is 16.9. The molecule has 3 aliphatic rings. The first-order chi connectivity index (χ1) is 11.5. The van der Waals surface area contributed by atoms with Gasteiger partial charge in [-0.05, 0) is 25.0 Å². The molecule has 4 rings (SSSR count). The van der Waals surface area contributed by atoms with E-state index in [1.807, 2.05) is 12.2 Å². The highest BCUT2D eigenvalue weighted by Crippen LogP contribution is 2.38. The van der Waals surface area contributed by atoms with Crippen molar-refractivity contribution in [2.45, 2.75) is 23.8 Å². The smallest absolute Gasteiger partial charge is 0.243 e. The van der Waals surface area contributed by atoms with Gasteiger partial charge in [-0.25, -0.2) is 8.42 Å². The van der Waals surface area contributed by atoms with Crippen molar-refractivity contribution < 1.29 is 18.0 Å². The van der Waals surface area contributed by atoms with Gasteiger partial charge in [-0.2, -0.15) is 4.31 Å². The number of allylic oxidation sites excluding steroid dienone is 2. The van der Waals surface area contributed by atoms with Crippen LogP contribution in [0.15, 0.2) is 47.4 Å². The van der Waals surface area contributed by atoms with E-state index in [-0.39, 0.29) is 47.7 Å². The highest BCUT2D eigenvalue weighted by molar-refractivity contribution is 7.89. The molecule has 7 heteroatoms. The van der Waals surface area contributed by atoms with Gasteiger partial charge in [0.15, 0.2) is 0 Å². The number of hydrogen-bond donors (Lipinski definition) is 0. The molecule has 1 aliphatic carbocycles. The van der Waals surface area contributed by atoms with E-state index in [0.717, 1.165) is 0 Å². The maximum absolute atomic E-state index is 12.5. The third kappa shape index (κ3) is 2.22. The average molecular weight is 346 g/mol. The first kappa shape index (κ1) is 15.5. The first-order valence-electron chi connectivity index (χ1n) is 8.07. The Kier molecular flexibility index (Phi) is 3.58. The van der Waals surface area contributed by atoms with Crippen molar-refractivity contribution in [1.82, 2.24) is 9.21 Å². The monoisotopic (exact) mass is 346 g/mol. The molecule has 2 saturated heterocycles. The second-order valence-corrected chi connectivity index (χ2v) is 8.43. The van der Waals surface area contributed by atoms with Crippen LogP contribution >= 0.6 is 0 Å². The summed E-state index contributed by atoms with van der Waals surface area (Å²) in [5.41, 5.74) is 0. The molecule has 6 nitrogen and oxygen atoms in total. The van der Waals surface area contributed by atoms with Crippen molar-refractivity contribution in [2.24, 2.45) is 11.8 Å². The average Bonchev–Trinajstić information content (AvgIpc) is 2.80. The van der Waals surface area contributed by atoms with E-state index < -0.39 is 10.0 Å². The lowest BCUT2D eigenvalue weighted by molar-refractivity contribution is -0.145. The normalized spacial score (nSPS) is 28.1. The molecule has 0 aromatic heterocycles. The summed E-state index contributed by atoms with van der Waals surface area (Å²) in [5, 5.41) is 0. The number of sulfonamides is 1. The quantitative estimate of drug-likeness (QED) is 0.605. The van der Waals surface area contributed by atoms with E-state index in [4.69, 9.17) is 0 Å². The van der Waals surface area contributed by atoms with Crippen LogP contribution in [0.1, 0.15) is 12.8 Å². The standard InChI is InChI=1S/C17H18N2O4S/c20-16-14-8-4-5-9-15(14)17(21)19(16)12-10-18(11-12)24(22,23)13-6-2-1-3-7-13/h1-7,12,14-15H,8-11H2. The molecule has 0 saturated carbocycles. The van der Waals surface area contributed by atoms with Gasteiger partial charge in [0.05, 0.1) is 22.8 Å². The molecule has 2 heterocycles. The van der Waals surface area contributed by atoms with Crippen LogP contribution in [-0.2, 0) is 19.6 Å². The maximum atomic E-state index is 12.5. The van der Waals surface area contributed by atoms with Gasteiger partial charge in [-0.1, -0.05) is 30.4 Å². The lowest BCUT2D eigenvalue weighted by Crippen LogP contribution is -2.62. The minimum atomic E-state index is -3.55. The van der Waals surface area contributed by atoms with Crippen molar-refractivity contribution in [2.75, 3.05) is 13.1 Å². The molecule has 2 unspecified atom stereocenters. The van der Waals surface area contributed by atoms with Gasteiger partial charge in [-0.15, -0.1) is 0 Å². The predicted octanol–water partition coefficient (Wildman–Crippen LogP) is 1.01. The third-order valence-electron chi connectivity index (χ3n) is 5.12. The Morgan fingerprint density at radius 1 is 0.875 bits per heavy atom. The number of benzene rings is 1. The minimum Gasteiger partial charge on any atom is -0.276 e.